The zero-order chi connectivity index (χ0) is 14.1. The number of carboxylic acids is 1. The van der Waals surface area contributed by atoms with Gasteiger partial charge in [-0.1, -0.05) is 12.1 Å². The van der Waals surface area contributed by atoms with Gasteiger partial charge in [-0.05, 0) is 25.1 Å². The summed E-state index contributed by atoms with van der Waals surface area (Å²) in [6.45, 7) is 1.78. The topological polar surface area (TPSA) is 89.4 Å². The summed E-state index contributed by atoms with van der Waals surface area (Å²) in [7, 11) is 0. The zero-order valence-corrected chi connectivity index (χ0v) is 10.5. The summed E-state index contributed by atoms with van der Waals surface area (Å²) in [6.07, 6.45) is 1.53. The quantitative estimate of drug-likeness (QED) is 0.786. The van der Waals surface area contributed by atoms with Crippen molar-refractivity contribution >= 4 is 5.97 Å². The second-order valence-electron chi connectivity index (χ2n) is 4.15. The number of carbonyl (C=O) groups is 1. The number of hydrogen-bond acceptors (Lipinski definition) is 5. The Morgan fingerprint density at radius 2 is 1.80 bits per heavy atom. The van der Waals surface area contributed by atoms with E-state index in [2.05, 4.69) is 10.2 Å². The Hall–Kier alpha value is -2.89. The van der Waals surface area contributed by atoms with Crippen molar-refractivity contribution in [1.82, 2.24) is 10.2 Å². The fraction of sp³-hybridized carbons (Fsp3) is 0.0714. The lowest BCUT2D eigenvalue weighted by molar-refractivity contribution is 0.0697. The smallest absolute Gasteiger partial charge is 0.336 e. The number of hydrogen-bond donors (Lipinski definition) is 1. The van der Waals surface area contributed by atoms with Gasteiger partial charge < -0.3 is 13.9 Å². The summed E-state index contributed by atoms with van der Waals surface area (Å²) < 4.78 is 10.7. The summed E-state index contributed by atoms with van der Waals surface area (Å²) in [4.78, 5) is 11.2. The molecule has 1 N–H and O–H groups in total. The van der Waals surface area contributed by atoms with Gasteiger partial charge in [-0.3, -0.25) is 0 Å². The monoisotopic (exact) mass is 270 g/mol. The molecule has 3 rings (SSSR count). The van der Waals surface area contributed by atoms with Crippen LogP contribution in [0.3, 0.4) is 0 Å². The highest BCUT2D eigenvalue weighted by Gasteiger charge is 2.18. The number of furan rings is 1. The highest BCUT2D eigenvalue weighted by atomic mass is 16.4. The zero-order valence-electron chi connectivity index (χ0n) is 10.5. The van der Waals surface area contributed by atoms with E-state index in [4.69, 9.17) is 13.9 Å². The van der Waals surface area contributed by atoms with Crippen LogP contribution in [0, 0.1) is 6.92 Å². The lowest BCUT2D eigenvalue weighted by Gasteiger charge is -1.99. The van der Waals surface area contributed by atoms with E-state index in [0.29, 0.717) is 22.8 Å². The van der Waals surface area contributed by atoms with Crippen molar-refractivity contribution < 1.29 is 18.7 Å². The number of aryl methyl sites for hydroxylation is 1. The lowest BCUT2D eigenvalue weighted by atomic mass is 10.1. The van der Waals surface area contributed by atoms with Crippen molar-refractivity contribution in [2.75, 3.05) is 0 Å². The molecule has 0 spiro atoms. The van der Waals surface area contributed by atoms with Gasteiger partial charge in [0.25, 0.3) is 5.89 Å². The first-order valence-electron chi connectivity index (χ1n) is 5.87. The fourth-order valence-corrected chi connectivity index (χ4v) is 1.90. The van der Waals surface area contributed by atoms with Gasteiger partial charge in [0.2, 0.25) is 5.89 Å². The van der Waals surface area contributed by atoms with Crippen molar-refractivity contribution in [3.8, 4) is 22.9 Å². The Kier molecular flexibility index (Phi) is 2.83. The molecule has 0 fully saturated rings. The summed E-state index contributed by atoms with van der Waals surface area (Å²) >= 11 is 0. The van der Waals surface area contributed by atoms with Gasteiger partial charge in [0.15, 0.2) is 0 Å². The molecule has 100 valence electrons. The Bertz CT molecular complexity index is 773. The number of nitrogens with zero attached hydrogens (tertiary/aromatic N) is 2. The van der Waals surface area contributed by atoms with Crippen LogP contribution >= 0.6 is 0 Å². The predicted octanol–water partition coefficient (Wildman–Crippen LogP) is 3.00. The minimum Gasteiger partial charge on any atom is -0.478 e. The molecule has 0 bridgehead atoms. The molecule has 0 unspecified atom stereocenters. The van der Waals surface area contributed by atoms with Crippen molar-refractivity contribution in [2.24, 2.45) is 0 Å². The first-order chi connectivity index (χ1) is 9.66. The van der Waals surface area contributed by atoms with Gasteiger partial charge in [-0.25, -0.2) is 4.79 Å². The first-order valence-corrected chi connectivity index (χ1v) is 5.87. The van der Waals surface area contributed by atoms with Crippen molar-refractivity contribution in [1.29, 1.82) is 0 Å². The molecule has 0 aliphatic rings. The number of aromatic nitrogens is 2. The van der Waals surface area contributed by atoms with Crippen LogP contribution in [0.25, 0.3) is 22.9 Å². The maximum absolute atomic E-state index is 11.2. The molecule has 3 aromatic rings. The van der Waals surface area contributed by atoms with E-state index in [1.165, 1.54) is 12.3 Å². The Labute approximate surface area is 113 Å². The molecule has 0 saturated carbocycles. The molecule has 0 amide bonds. The van der Waals surface area contributed by atoms with Crippen LogP contribution in [0.15, 0.2) is 45.4 Å². The second kappa shape index (κ2) is 4.65. The van der Waals surface area contributed by atoms with Crippen LogP contribution in [0.2, 0.25) is 0 Å². The highest BCUT2D eigenvalue weighted by molar-refractivity contribution is 5.94. The lowest BCUT2D eigenvalue weighted by Crippen LogP contribution is -1.98. The van der Waals surface area contributed by atoms with E-state index in [1.54, 1.807) is 31.2 Å². The summed E-state index contributed by atoms with van der Waals surface area (Å²) in [5.74, 6) is 0.0802. The molecular weight excluding hydrogens is 260 g/mol. The fourth-order valence-electron chi connectivity index (χ4n) is 1.90. The van der Waals surface area contributed by atoms with Crippen LogP contribution in [-0.4, -0.2) is 21.3 Å². The first kappa shape index (κ1) is 12.2. The van der Waals surface area contributed by atoms with Crippen molar-refractivity contribution in [3.05, 3.63) is 47.9 Å². The van der Waals surface area contributed by atoms with Crippen molar-refractivity contribution in [2.45, 2.75) is 6.92 Å². The molecule has 0 aliphatic carbocycles. The van der Waals surface area contributed by atoms with Crippen LogP contribution in [0.5, 0.6) is 0 Å². The number of carboxylic acid groups (broad SMARTS) is 1. The normalized spacial score (nSPS) is 10.7. The molecular formula is C14H10N2O4. The number of benzene rings is 1. The maximum atomic E-state index is 11.2. The van der Waals surface area contributed by atoms with Crippen LogP contribution in [0.1, 0.15) is 16.1 Å². The molecule has 0 saturated heterocycles. The third-order valence-electron chi connectivity index (χ3n) is 2.90. The van der Waals surface area contributed by atoms with Crippen LogP contribution < -0.4 is 0 Å². The third-order valence-corrected chi connectivity index (χ3v) is 2.90. The molecule has 2 heterocycles. The van der Waals surface area contributed by atoms with E-state index >= 15 is 0 Å². The highest BCUT2D eigenvalue weighted by Crippen LogP contribution is 2.28. The molecule has 0 aliphatic heterocycles. The minimum atomic E-state index is -1.04. The molecule has 20 heavy (non-hydrogen) atoms. The van der Waals surface area contributed by atoms with Gasteiger partial charge in [0, 0.05) is 0 Å². The molecule has 0 atom stereocenters. The van der Waals surface area contributed by atoms with Gasteiger partial charge in [0.1, 0.15) is 5.76 Å². The summed E-state index contributed by atoms with van der Waals surface area (Å²) in [5, 5.41) is 17.0. The Morgan fingerprint density at radius 3 is 2.45 bits per heavy atom. The average Bonchev–Trinajstić information content (AvgIpc) is 3.07. The summed E-state index contributed by atoms with van der Waals surface area (Å²) in [5.41, 5.74) is 1.20. The van der Waals surface area contributed by atoms with Crippen LogP contribution in [0.4, 0.5) is 0 Å². The van der Waals surface area contributed by atoms with E-state index < -0.39 is 5.97 Å². The van der Waals surface area contributed by atoms with E-state index in [0.717, 1.165) is 0 Å². The molecule has 1 aromatic carbocycles. The van der Waals surface area contributed by atoms with Crippen LogP contribution in [-0.2, 0) is 0 Å². The average molecular weight is 270 g/mol. The minimum absolute atomic E-state index is 0.117. The predicted molar refractivity (Wildman–Crippen MR) is 69.1 cm³/mol. The SMILES string of the molecule is Cc1occc1-c1nnc(-c2ccccc2C(=O)O)o1. The number of rotatable bonds is 3. The van der Waals surface area contributed by atoms with Gasteiger partial charge >= 0.3 is 5.97 Å². The second-order valence-corrected chi connectivity index (χ2v) is 4.15. The van der Waals surface area contributed by atoms with E-state index in [9.17, 15) is 4.79 Å². The van der Waals surface area contributed by atoms with Gasteiger partial charge in [-0.2, -0.15) is 0 Å². The third kappa shape index (κ3) is 1.97. The molecule has 2 aromatic heterocycles. The number of aromatic carboxylic acids is 1. The Balaban J connectivity index is 2.07. The van der Waals surface area contributed by atoms with E-state index in [-0.39, 0.29) is 11.5 Å². The molecule has 0 radical (unpaired) electrons. The van der Waals surface area contributed by atoms with E-state index in [1.807, 2.05) is 0 Å². The Morgan fingerprint density at radius 1 is 1.10 bits per heavy atom. The van der Waals surface area contributed by atoms with Crippen molar-refractivity contribution in [3.63, 3.8) is 0 Å². The van der Waals surface area contributed by atoms with Gasteiger partial charge in [0.05, 0.1) is 23.0 Å². The van der Waals surface area contributed by atoms with Gasteiger partial charge in [-0.15, -0.1) is 10.2 Å². The standard InChI is InChI=1S/C14H10N2O4/c1-8-9(6-7-19-8)12-15-16-13(20-12)10-4-2-3-5-11(10)14(17)18/h2-7H,1H3,(H,17,18). The largest absolute Gasteiger partial charge is 0.478 e. The molecule has 6 nitrogen and oxygen atoms in total. The maximum Gasteiger partial charge on any atom is 0.336 e. The summed E-state index contributed by atoms with van der Waals surface area (Å²) in [6, 6.07) is 8.20. The molecule has 6 heteroatoms.